The zero-order valence-corrected chi connectivity index (χ0v) is 7.98. The summed E-state index contributed by atoms with van der Waals surface area (Å²) in [5, 5.41) is 7.17. The van der Waals surface area contributed by atoms with Crippen LogP contribution in [0.3, 0.4) is 0 Å². The van der Waals surface area contributed by atoms with E-state index in [1.807, 2.05) is 0 Å². The maximum absolute atomic E-state index is 13.0. The molecule has 0 aliphatic carbocycles. The molecule has 1 aromatic carbocycles. The van der Waals surface area contributed by atoms with E-state index in [0.717, 1.165) is 6.92 Å². The average Bonchev–Trinajstić information content (AvgIpc) is 2.69. The van der Waals surface area contributed by atoms with E-state index in [-0.39, 0.29) is 5.56 Å². The Morgan fingerprint density at radius 2 is 2.20 bits per heavy atom. The number of hydrogen-bond donors (Lipinski definition) is 0. The van der Waals surface area contributed by atoms with Crippen LogP contribution in [0, 0.1) is 6.20 Å². The zero-order chi connectivity index (χ0) is 10.9. The first-order valence-corrected chi connectivity index (χ1v) is 4.34. The van der Waals surface area contributed by atoms with Crippen molar-refractivity contribution >= 4 is 0 Å². The molecule has 1 heterocycles. The van der Waals surface area contributed by atoms with Gasteiger partial charge in [0.25, 0.3) is 5.92 Å². The highest BCUT2D eigenvalue weighted by Crippen LogP contribution is 2.27. The van der Waals surface area contributed by atoms with E-state index in [1.165, 1.54) is 23.0 Å². The number of halogens is 2. The van der Waals surface area contributed by atoms with Gasteiger partial charge in [-0.3, -0.25) is 0 Å². The van der Waals surface area contributed by atoms with E-state index < -0.39 is 5.92 Å². The lowest BCUT2D eigenvalue weighted by molar-refractivity contribution is 0.0174. The van der Waals surface area contributed by atoms with Crippen molar-refractivity contribution in [2.45, 2.75) is 12.8 Å². The molecule has 0 amide bonds. The highest BCUT2D eigenvalue weighted by atomic mass is 19.3. The summed E-state index contributed by atoms with van der Waals surface area (Å²) in [5.74, 6) is -2.85. The number of aromatic nitrogens is 3. The van der Waals surface area contributed by atoms with Crippen LogP contribution in [-0.2, 0) is 5.92 Å². The van der Waals surface area contributed by atoms with Gasteiger partial charge < -0.3 is 0 Å². The van der Waals surface area contributed by atoms with Crippen LogP contribution in [0.15, 0.2) is 30.5 Å². The lowest BCUT2D eigenvalue weighted by Crippen LogP contribution is -2.08. The molecular formula is C10H8F2N3. The topological polar surface area (TPSA) is 30.7 Å². The Hall–Kier alpha value is -1.78. The van der Waals surface area contributed by atoms with Gasteiger partial charge in [0.05, 0.1) is 11.9 Å². The van der Waals surface area contributed by atoms with Gasteiger partial charge in [-0.1, -0.05) is 17.3 Å². The first-order chi connectivity index (χ1) is 7.07. The van der Waals surface area contributed by atoms with Crippen LogP contribution >= 0.6 is 0 Å². The standard InChI is InChI=1S/C10H8F2N3/c1-10(11,12)8-3-2-4-9(7-8)15-6-5-13-14-15/h2-4,6-7H,1H3. The molecule has 0 N–H and O–H groups in total. The van der Waals surface area contributed by atoms with Crippen LogP contribution in [0.2, 0.25) is 0 Å². The van der Waals surface area contributed by atoms with Gasteiger partial charge in [0, 0.05) is 12.5 Å². The maximum atomic E-state index is 13.0. The Morgan fingerprint density at radius 1 is 1.40 bits per heavy atom. The van der Waals surface area contributed by atoms with Crippen molar-refractivity contribution in [3.8, 4) is 5.69 Å². The fourth-order valence-corrected chi connectivity index (χ4v) is 1.23. The number of nitrogens with zero attached hydrogens (tertiary/aromatic N) is 3. The van der Waals surface area contributed by atoms with Gasteiger partial charge in [-0.2, -0.15) is 0 Å². The van der Waals surface area contributed by atoms with Gasteiger partial charge in [-0.25, -0.2) is 13.5 Å². The Morgan fingerprint density at radius 3 is 2.80 bits per heavy atom. The molecule has 0 bridgehead atoms. The summed E-state index contributed by atoms with van der Waals surface area (Å²) in [5.41, 5.74) is 0.498. The molecule has 2 rings (SSSR count). The highest BCUT2D eigenvalue weighted by Gasteiger charge is 2.24. The van der Waals surface area contributed by atoms with Crippen LogP contribution in [-0.4, -0.2) is 15.0 Å². The molecule has 0 unspecified atom stereocenters. The molecule has 5 heteroatoms. The van der Waals surface area contributed by atoms with Gasteiger partial charge in [0.1, 0.15) is 6.20 Å². The SMILES string of the molecule is CC(F)(F)c1cccc(-n2c[c]nn2)c1. The van der Waals surface area contributed by atoms with E-state index in [0.29, 0.717) is 5.69 Å². The highest BCUT2D eigenvalue weighted by molar-refractivity contribution is 5.36. The third-order valence-electron chi connectivity index (χ3n) is 2.00. The quantitative estimate of drug-likeness (QED) is 0.757. The molecule has 0 aliphatic rings. The summed E-state index contributed by atoms with van der Waals surface area (Å²) in [6.07, 6.45) is 3.98. The molecule has 0 saturated heterocycles. The average molecular weight is 208 g/mol. The number of rotatable bonds is 2. The third-order valence-corrected chi connectivity index (χ3v) is 2.00. The molecule has 0 fully saturated rings. The molecule has 1 aromatic heterocycles. The van der Waals surface area contributed by atoms with Gasteiger partial charge in [-0.05, 0) is 12.1 Å². The molecule has 0 spiro atoms. The summed E-state index contributed by atoms with van der Waals surface area (Å²) in [6.45, 7) is 0.861. The summed E-state index contributed by atoms with van der Waals surface area (Å²) in [6, 6.07) is 5.99. The molecule has 3 nitrogen and oxygen atoms in total. The summed E-state index contributed by atoms with van der Waals surface area (Å²) >= 11 is 0. The molecule has 2 aromatic rings. The van der Waals surface area contributed by atoms with E-state index in [2.05, 4.69) is 16.5 Å². The van der Waals surface area contributed by atoms with E-state index in [4.69, 9.17) is 0 Å². The largest absolute Gasteiger partial charge is 0.270 e. The zero-order valence-electron chi connectivity index (χ0n) is 7.98. The van der Waals surface area contributed by atoms with Crippen molar-refractivity contribution in [1.82, 2.24) is 15.0 Å². The minimum atomic E-state index is -2.85. The Balaban J connectivity index is 2.44. The second-order valence-corrected chi connectivity index (χ2v) is 3.23. The van der Waals surface area contributed by atoms with E-state index >= 15 is 0 Å². The van der Waals surface area contributed by atoms with Crippen molar-refractivity contribution in [3.05, 3.63) is 42.2 Å². The van der Waals surface area contributed by atoms with E-state index in [9.17, 15) is 8.78 Å². The van der Waals surface area contributed by atoms with Crippen molar-refractivity contribution in [2.24, 2.45) is 0 Å². The summed E-state index contributed by atoms with van der Waals surface area (Å²) in [7, 11) is 0. The minimum absolute atomic E-state index is 0.0458. The van der Waals surface area contributed by atoms with Crippen LogP contribution in [0.1, 0.15) is 12.5 Å². The van der Waals surface area contributed by atoms with E-state index in [1.54, 1.807) is 12.1 Å². The smallest absolute Gasteiger partial charge is 0.220 e. The minimum Gasteiger partial charge on any atom is -0.220 e. The third kappa shape index (κ3) is 2.01. The normalized spacial score (nSPS) is 11.7. The van der Waals surface area contributed by atoms with Crippen LogP contribution in [0.25, 0.3) is 5.69 Å². The van der Waals surface area contributed by atoms with Crippen molar-refractivity contribution in [3.63, 3.8) is 0 Å². The Kier molecular flexibility index (Phi) is 2.22. The summed E-state index contributed by atoms with van der Waals surface area (Å²) < 4.78 is 27.4. The Labute approximate surface area is 85.3 Å². The lowest BCUT2D eigenvalue weighted by Gasteiger charge is -2.11. The Bertz CT molecular complexity index is 446. The second-order valence-electron chi connectivity index (χ2n) is 3.23. The van der Waals surface area contributed by atoms with Crippen molar-refractivity contribution < 1.29 is 8.78 Å². The lowest BCUT2D eigenvalue weighted by atomic mass is 10.1. The fraction of sp³-hybridized carbons (Fsp3) is 0.200. The summed E-state index contributed by atoms with van der Waals surface area (Å²) in [4.78, 5) is 0. The first kappa shape index (κ1) is 9.76. The first-order valence-electron chi connectivity index (χ1n) is 4.34. The molecule has 0 aliphatic heterocycles. The number of hydrogen-bond acceptors (Lipinski definition) is 2. The number of benzene rings is 1. The van der Waals surface area contributed by atoms with Gasteiger partial charge in [0.2, 0.25) is 0 Å². The second kappa shape index (κ2) is 3.42. The van der Waals surface area contributed by atoms with Gasteiger partial charge in [-0.15, -0.1) is 5.10 Å². The molecule has 1 radical (unpaired) electrons. The van der Waals surface area contributed by atoms with Crippen LogP contribution in [0.4, 0.5) is 8.78 Å². The monoisotopic (exact) mass is 208 g/mol. The molecule has 15 heavy (non-hydrogen) atoms. The molecule has 0 saturated carbocycles. The fourth-order valence-electron chi connectivity index (χ4n) is 1.23. The predicted molar refractivity (Wildman–Crippen MR) is 49.8 cm³/mol. The molecular weight excluding hydrogens is 200 g/mol. The molecule has 77 valence electrons. The van der Waals surface area contributed by atoms with Crippen molar-refractivity contribution in [1.29, 1.82) is 0 Å². The molecule has 0 atom stereocenters. The van der Waals surface area contributed by atoms with Crippen molar-refractivity contribution in [2.75, 3.05) is 0 Å². The van der Waals surface area contributed by atoms with Gasteiger partial charge in [0.15, 0.2) is 0 Å². The van der Waals surface area contributed by atoms with Crippen LogP contribution < -0.4 is 0 Å². The predicted octanol–water partition coefficient (Wildman–Crippen LogP) is 2.18. The maximum Gasteiger partial charge on any atom is 0.270 e. The van der Waals surface area contributed by atoms with Crippen LogP contribution in [0.5, 0.6) is 0 Å². The number of alkyl halides is 2. The van der Waals surface area contributed by atoms with Gasteiger partial charge >= 0.3 is 0 Å².